The van der Waals surface area contributed by atoms with E-state index in [0.29, 0.717) is 0 Å². The van der Waals surface area contributed by atoms with Gasteiger partial charge < -0.3 is 14.0 Å². The Hall–Kier alpha value is -2.88. The minimum atomic E-state index is -0.687. The van der Waals surface area contributed by atoms with Gasteiger partial charge in [0.1, 0.15) is 24.5 Å². The van der Waals surface area contributed by atoms with Crippen LogP contribution in [0.25, 0.3) is 11.4 Å². The Morgan fingerprint density at radius 1 is 1.11 bits per heavy atom. The van der Waals surface area contributed by atoms with Crippen molar-refractivity contribution >= 4 is 28.8 Å². The van der Waals surface area contributed by atoms with Crippen molar-refractivity contribution in [3.63, 3.8) is 0 Å². The lowest BCUT2D eigenvalue weighted by Gasteiger charge is -1.97. The van der Waals surface area contributed by atoms with E-state index in [1.807, 2.05) is 0 Å². The number of hydrogen-bond acceptors (Lipinski definition) is 8. The molecule has 0 atom stereocenters. The number of hydrogen-bond donors (Lipinski definition) is 0. The van der Waals surface area contributed by atoms with Crippen molar-refractivity contribution in [2.75, 3.05) is 13.2 Å². The predicted molar refractivity (Wildman–Crippen MR) is 92.1 cm³/mol. The lowest BCUT2D eigenvalue weighted by atomic mass is 10.2. The van der Waals surface area contributed by atoms with Crippen molar-refractivity contribution in [3.05, 3.63) is 35.7 Å². The van der Waals surface area contributed by atoms with Crippen molar-refractivity contribution in [1.82, 2.24) is 10.1 Å². The van der Waals surface area contributed by atoms with Crippen LogP contribution in [-0.2, 0) is 30.3 Å². The van der Waals surface area contributed by atoms with Crippen LogP contribution in [0.4, 0.5) is 8.78 Å². The van der Waals surface area contributed by atoms with Crippen LogP contribution in [-0.4, -0.2) is 40.5 Å². The van der Waals surface area contributed by atoms with Crippen LogP contribution < -0.4 is 0 Å². The van der Waals surface area contributed by atoms with Crippen molar-refractivity contribution in [3.8, 4) is 11.4 Å². The third-order valence-electron chi connectivity index (χ3n) is 2.83. The van der Waals surface area contributed by atoms with E-state index < -0.39 is 28.8 Å². The van der Waals surface area contributed by atoms with Gasteiger partial charge in [0.15, 0.2) is 0 Å². The Balaban J connectivity index is 0.000000370. The molecule has 0 aliphatic carbocycles. The van der Waals surface area contributed by atoms with Gasteiger partial charge in [-0.1, -0.05) is 5.16 Å². The summed E-state index contributed by atoms with van der Waals surface area (Å²) in [5.74, 6) is -2.53. The van der Waals surface area contributed by atoms with Crippen molar-refractivity contribution in [2.24, 2.45) is 0 Å². The number of nitrogens with zero attached hydrogens (tertiary/aromatic N) is 2. The molecular formula is C17H17ClF2N2O6. The van der Waals surface area contributed by atoms with Gasteiger partial charge in [0.2, 0.25) is 17.0 Å². The maximum absolute atomic E-state index is 13.5. The molecule has 0 amide bonds. The van der Waals surface area contributed by atoms with E-state index >= 15 is 0 Å². The highest BCUT2D eigenvalue weighted by molar-refractivity contribution is 6.64. The van der Waals surface area contributed by atoms with Gasteiger partial charge >= 0.3 is 11.9 Å². The van der Waals surface area contributed by atoms with Crippen LogP contribution in [0.2, 0.25) is 0 Å². The van der Waals surface area contributed by atoms with Crippen LogP contribution in [0.5, 0.6) is 0 Å². The molecule has 0 unspecified atom stereocenters. The Kier molecular flexibility index (Phi) is 9.72. The molecule has 0 spiro atoms. The molecule has 0 saturated carbocycles. The van der Waals surface area contributed by atoms with E-state index in [0.717, 1.165) is 18.2 Å². The van der Waals surface area contributed by atoms with Gasteiger partial charge in [-0.3, -0.25) is 14.4 Å². The molecule has 28 heavy (non-hydrogen) atoms. The van der Waals surface area contributed by atoms with Crippen molar-refractivity contribution in [2.45, 2.75) is 26.7 Å². The highest BCUT2D eigenvalue weighted by atomic mass is 35.5. The fourth-order valence-corrected chi connectivity index (χ4v) is 1.88. The van der Waals surface area contributed by atoms with E-state index in [4.69, 9.17) is 20.9 Å². The first-order chi connectivity index (χ1) is 13.3. The molecule has 1 aromatic carbocycles. The molecule has 0 N–H and O–H groups in total. The molecule has 0 radical (unpaired) electrons. The summed E-state index contributed by atoms with van der Waals surface area (Å²) in [6, 6.07) is 2.90. The van der Waals surface area contributed by atoms with Gasteiger partial charge in [-0.15, -0.1) is 0 Å². The standard InChI is InChI=1S/C12H10F2N2O3.C5H7ClO3/c1-2-18-11(17)6-10-15-12(16-19-10)8-5-7(13)3-4-9(8)14;1-2-9-5(8)3-4(6)7/h3-5H,2,6H2,1H3;2-3H2,1H3. The van der Waals surface area contributed by atoms with Gasteiger partial charge in [0.05, 0.1) is 18.8 Å². The minimum absolute atomic E-state index is 0.0166. The summed E-state index contributed by atoms with van der Waals surface area (Å²) in [7, 11) is 0. The normalized spacial score (nSPS) is 9.89. The van der Waals surface area contributed by atoms with Crippen molar-refractivity contribution < 1.29 is 37.2 Å². The summed E-state index contributed by atoms with van der Waals surface area (Å²) >= 11 is 4.87. The monoisotopic (exact) mass is 418 g/mol. The van der Waals surface area contributed by atoms with E-state index in [1.54, 1.807) is 13.8 Å². The minimum Gasteiger partial charge on any atom is -0.466 e. The molecule has 2 rings (SSSR count). The molecule has 0 aliphatic rings. The topological polar surface area (TPSA) is 109 Å². The summed E-state index contributed by atoms with van der Waals surface area (Å²) in [6.45, 7) is 3.84. The third-order valence-corrected chi connectivity index (χ3v) is 2.96. The zero-order valence-corrected chi connectivity index (χ0v) is 15.8. The van der Waals surface area contributed by atoms with E-state index in [1.165, 1.54) is 0 Å². The second kappa shape index (κ2) is 11.8. The van der Waals surface area contributed by atoms with E-state index in [9.17, 15) is 23.2 Å². The Bertz CT molecular complexity index is 828. The number of carbonyl (C=O) groups is 3. The number of benzene rings is 1. The van der Waals surface area contributed by atoms with Crippen LogP contribution >= 0.6 is 11.6 Å². The molecule has 11 heteroatoms. The molecule has 152 valence electrons. The Morgan fingerprint density at radius 3 is 2.36 bits per heavy atom. The lowest BCUT2D eigenvalue weighted by Crippen LogP contribution is -2.07. The van der Waals surface area contributed by atoms with Crippen molar-refractivity contribution in [1.29, 1.82) is 0 Å². The molecule has 8 nitrogen and oxygen atoms in total. The van der Waals surface area contributed by atoms with Crippen LogP contribution in [0, 0.1) is 11.6 Å². The first-order valence-corrected chi connectivity index (χ1v) is 8.42. The number of rotatable bonds is 7. The van der Waals surface area contributed by atoms with Crippen LogP contribution in [0.3, 0.4) is 0 Å². The second-order valence-corrected chi connectivity index (χ2v) is 5.38. The fraction of sp³-hybridized carbons (Fsp3) is 0.353. The van der Waals surface area contributed by atoms with Gasteiger partial charge in [0.25, 0.3) is 0 Å². The number of carbonyl (C=O) groups excluding carboxylic acids is 3. The summed E-state index contributed by atoms with van der Waals surface area (Å²) in [6.07, 6.45) is -0.548. The Labute approximate surface area is 163 Å². The third kappa shape index (κ3) is 8.21. The highest BCUT2D eigenvalue weighted by Crippen LogP contribution is 2.21. The van der Waals surface area contributed by atoms with Gasteiger partial charge in [-0.2, -0.15) is 4.98 Å². The maximum atomic E-state index is 13.5. The van der Waals surface area contributed by atoms with Gasteiger partial charge in [0, 0.05) is 0 Å². The predicted octanol–water partition coefficient (Wildman–Crippen LogP) is 2.83. The molecule has 1 aromatic heterocycles. The molecular weight excluding hydrogens is 402 g/mol. The van der Waals surface area contributed by atoms with Crippen LogP contribution in [0.1, 0.15) is 26.2 Å². The summed E-state index contributed by atoms with van der Waals surface area (Å²) in [5.41, 5.74) is -0.126. The summed E-state index contributed by atoms with van der Waals surface area (Å²) < 4.78 is 40.4. The summed E-state index contributed by atoms with van der Waals surface area (Å²) in [4.78, 5) is 35.3. The molecule has 0 aliphatic heterocycles. The first-order valence-electron chi connectivity index (χ1n) is 8.04. The smallest absolute Gasteiger partial charge is 0.315 e. The van der Waals surface area contributed by atoms with E-state index in [2.05, 4.69) is 14.9 Å². The number of halogens is 3. The molecule has 0 bridgehead atoms. The zero-order valence-electron chi connectivity index (χ0n) is 15.0. The molecule has 0 fully saturated rings. The quantitative estimate of drug-likeness (QED) is 0.383. The zero-order chi connectivity index (χ0) is 21.1. The van der Waals surface area contributed by atoms with Crippen LogP contribution in [0.15, 0.2) is 22.7 Å². The van der Waals surface area contributed by atoms with Gasteiger partial charge in [-0.25, -0.2) is 8.78 Å². The molecule has 2 aromatic rings. The lowest BCUT2D eigenvalue weighted by molar-refractivity contribution is -0.145. The molecule has 0 saturated heterocycles. The summed E-state index contributed by atoms with van der Waals surface area (Å²) in [5, 5.41) is 2.81. The number of ether oxygens (including phenoxy) is 2. The van der Waals surface area contributed by atoms with E-state index in [-0.39, 0.29) is 43.3 Å². The number of esters is 2. The second-order valence-electron chi connectivity index (χ2n) is 4.95. The number of aromatic nitrogens is 2. The maximum Gasteiger partial charge on any atom is 0.315 e. The highest BCUT2D eigenvalue weighted by Gasteiger charge is 2.16. The average molecular weight is 419 g/mol. The Morgan fingerprint density at radius 2 is 1.75 bits per heavy atom. The average Bonchev–Trinajstić information content (AvgIpc) is 3.05. The SMILES string of the molecule is CCOC(=O)CC(=O)Cl.CCOC(=O)Cc1nc(-c2cc(F)ccc2F)no1. The van der Waals surface area contributed by atoms with Gasteiger partial charge in [-0.05, 0) is 43.6 Å². The largest absolute Gasteiger partial charge is 0.466 e. The first kappa shape index (κ1) is 23.2. The fourth-order valence-electron chi connectivity index (χ4n) is 1.77. The molecule has 1 heterocycles.